The van der Waals surface area contributed by atoms with Crippen LogP contribution in [0, 0.1) is 11.8 Å². The average molecular weight is 285 g/mol. The second-order valence-corrected chi connectivity index (χ2v) is 6.53. The maximum absolute atomic E-state index is 12.7. The van der Waals surface area contributed by atoms with E-state index in [2.05, 4.69) is 0 Å². The van der Waals surface area contributed by atoms with Crippen LogP contribution in [0.1, 0.15) is 30.1 Å². The Hall–Kier alpha value is -1.81. The molecule has 0 unspecified atom stereocenters. The van der Waals surface area contributed by atoms with Crippen molar-refractivity contribution in [3.63, 3.8) is 0 Å². The Morgan fingerprint density at radius 3 is 2.95 bits per heavy atom. The molecule has 1 aromatic heterocycles. The highest BCUT2D eigenvalue weighted by atomic mass is 16.3. The van der Waals surface area contributed by atoms with E-state index in [9.17, 15) is 9.90 Å². The molecule has 0 radical (unpaired) electrons. The summed E-state index contributed by atoms with van der Waals surface area (Å²) in [4.78, 5) is 14.5. The van der Waals surface area contributed by atoms with E-state index >= 15 is 0 Å². The van der Waals surface area contributed by atoms with Crippen molar-refractivity contribution in [1.29, 1.82) is 0 Å². The molecule has 2 aromatic rings. The first-order valence-corrected chi connectivity index (χ1v) is 7.57. The second kappa shape index (κ2) is 4.34. The van der Waals surface area contributed by atoms with Gasteiger partial charge in [-0.1, -0.05) is 6.92 Å². The van der Waals surface area contributed by atoms with Gasteiger partial charge in [-0.15, -0.1) is 0 Å². The lowest BCUT2D eigenvalue weighted by Crippen LogP contribution is -2.40. The van der Waals surface area contributed by atoms with Crippen molar-refractivity contribution < 1.29 is 14.3 Å². The fourth-order valence-corrected chi connectivity index (χ4v) is 3.57. The molecular formula is C17H19NO3. The van der Waals surface area contributed by atoms with Crippen LogP contribution in [0.25, 0.3) is 11.0 Å². The van der Waals surface area contributed by atoms with Crippen molar-refractivity contribution in [1.82, 2.24) is 4.90 Å². The molecule has 0 spiro atoms. The summed E-state index contributed by atoms with van der Waals surface area (Å²) in [6.07, 6.45) is 3.80. The minimum atomic E-state index is -0.685. The topological polar surface area (TPSA) is 53.7 Å². The number of likely N-dealkylation sites (tertiary alicyclic amines) is 1. The number of amides is 1. The lowest BCUT2D eigenvalue weighted by Gasteiger charge is -2.26. The first-order valence-electron chi connectivity index (χ1n) is 7.57. The predicted molar refractivity (Wildman–Crippen MR) is 79.0 cm³/mol. The maximum atomic E-state index is 12.7. The summed E-state index contributed by atoms with van der Waals surface area (Å²) < 4.78 is 5.30. The Labute approximate surface area is 123 Å². The van der Waals surface area contributed by atoms with Crippen LogP contribution in [0.15, 0.2) is 34.9 Å². The average Bonchev–Trinajstić information content (AvgIpc) is 3.16. The van der Waals surface area contributed by atoms with E-state index in [4.69, 9.17) is 4.42 Å². The third-order valence-corrected chi connectivity index (χ3v) is 5.06. The Kier molecular flexibility index (Phi) is 2.67. The maximum Gasteiger partial charge on any atom is 0.253 e. The largest absolute Gasteiger partial charge is 0.464 e. The van der Waals surface area contributed by atoms with Gasteiger partial charge in [0, 0.05) is 23.4 Å². The molecule has 4 heteroatoms. The molecule has 2 heterocycles. The van der Waals surface area contributed by atoms with E-state index < -0.39 is 5.60 Å². The molecule has 1 amide bonds. The second-order valence-electron chi connectivity index (χ2n) is 6.53. The molecule has 1 aliphatic carbocycles. The molecule has 2 atom stereocenters. The molecule has 4 nitrogen and oxygen atoms in total. The van der Waals surface area contributed by atoms with Gasteiger partial charge < -0.3 is 14.4 Å². The van der Waals surface area contributed by atoms with Crippen molar-refractivity contribution in [3.05, 3.63) is 36.1 Å². The Morgan fingerprint density at radius 1 is 1.38 bits per heavy atom. The highest BCUT2D eigenvalue weighted by molar-refractivity contribution is 5.98. The smallest absolute Gasteiger partial charge is 0.253 e. The van der Waals surface area contributed by atoms with E-state index in [0.29, 0.717) is 24.6 Å². The molecule has 21 heavy (non-hydrogen) atoms. The number of benzene rings is 1. The number of hydrogen-bond acceptors (Lipinski definition) is 3. The van der Waals surface area contributed by atoms with Crippen LogP contribution in [0.3, 0.4) is 0 Å². The predicted octanol–water partition coefficient (Wildman–Crippen LogP) is 2.67. The Morgan fingerprint density at radius 2 is 2.19 bits per heavy atom. The number of hydrogen-bond donors (Lipinski definition) is 1. The standard InChI is InChI=1S/C17H19NO3/c1-11-9-18(10-17(11,20)14-3-4-14)16(19)13-2-5-15-12(8-13)6-7-21-15/h2,5-8,11,14,20H,3-4,9-10H2,1H3/t11-,17+/m0/s1. The molecule has 1 aromatic carbocycles. The summed E-state index contributed by atoms with van der Waals surface area (Å²) in [5, 5.41) is 11.7. The summed E-state index contributed by atoms with van der Waals surface area (Å²) in [6.45, 7) is 3.14. The minimum Gasteiger partial charge on any atom is -0.464 e. The first kappa shape index (κ1) is 12.9. The van der Waals surface area contributed by atoms with E-state index in [1.807, 2.05) is 25.1 Å². The van der Waals surface area contributed by atoms with Crippen molar-refractivity contribution in [2.45, 2.75) is 25.4 Å². The first-order chi connectivity index (χ1) is 10.1. The van der Waals surface area contributed by atoms with Gasteiger partial charge in [0.1, 0.15) is 5.58 Å². The summed E-state index contributed by atoms with van der Waals surface area (Å²) in [6, 6.07) is 7.35. The number of carbonyl (C=O) groups is 1. The van der Waals surface area contributed by atoms with Gasteiger partial charge >= 0.3 is 0 Å². The van der Waals surface area contributed by atoms with E-state index in [1.54, 1.807) is 17.2 Å². The fraction of sp³-hybridized carbons (Fsp3) is 0.471. The van der Waals surface area contributed by atoms with Gasteiger partial charge in [-0.25, -0.2) is 0 Å². The molecule has 110 valence electrons. The SMILES string of the molecule is C[C@H]1CN(C(=O)c2ccc3occc3c2)C[C@]1(O)C1CC1. The molecule has 1 saturated heterocycles. The lowest BCUT2D eigenvalue weighted by atomic mass is 9.88. The number of rotatable bonds is 2. The van der Waals surface area contributed by atoms with Gasteiger partial charge in [0.15, 0.2) is 0 Å². The van der Waals surface area contributed by atoms with Crippen LogP contribution in [0.2, 0.25) is 0 Å². The van der Waals surface area contributed by atoms with Gasteiger partial charge in [0.25, 0.3) is 5.91 Å². The van der Waals surface area contributed by atoms with Crippen LogP contribution >= 0.6 is 0 Å². The van der Waals surface area contributed by atoms with Crippen molar-refractivity contribution in [3.8, 4) is 0 Å². The minimum absolute atomic E-state index is 0.00141. The number of carbonyl (C=O) groups excluding carboxylic acids is 1. The third kappa shape index (κ3) is 1.97. The molecule has 2 fully saturated rings. The summed E-state index contributed by atoms with van der Waals surface area (Å²) in [5.74, 6) is 0.523. The molecule has 1 aliphatic heterocycles. The summed E-state index contributed by atoms with van der Waals surface area (Å²) >= 11 is 0. The zero-order chi connectivity index (χ0) is 14.6. The zero-order valence-corrected chi connectivity index (χ0v) is 12.1. The zero-order valence-electron chi connectivity index (χ0n) is 12.1. The Bertz CT molecular complexity index is 703. The molecule has 2 aliphatic rings. The van der Waals surface area contributed by atoms with Gasteiger partial charge in [-0.05, 0) is 43.0 Å². The molecular weight excluding hydrogens is 266 g/mol. The fourth-order valence-electron chi connectivity index (χ4n) is 3.57. The lowest BCUT2D eigenvalue weighted by molar-refractivity contribution is -0.00364. The number of aliphatic hydroxyl groups is 1. The highest BCUT2D eigenvalue weighted by Crippen LogP contribution is 2.47. The van der Waals surface area contributed by atoms with Gasteiger partial charge in [0.2, 0.25) is 0 Å². The Balaban J connectivity index is 1.60. The molecule has 1 N–H and O–H groups in total. The highest BCUT2D eigenvalue weighted by Gasteiger charge is 2.53. The number of nitrogens with zero attached hydrogens (tertiary/aromatic N) is 1. The van der Waals surface area contributed by atoms with Gasteiger partial charge in [-0.3, -0.25) is 4.79 Å². The monoisotopic (exact) mass is 285 g/mol. The van der Waals surface area contributed by atoms with Crippen LogP contribution < -0.4 is 0 Å². The summed E-state index contributed by atoms with van der Waals surface area (Å²) in [7, 11) is 0. The number of furan rings is 1. The van der Waals surface area contributed by atoms with Gasteiger partial charge in [-0.2, -0.15) is 0 Å². The van der Waals surface area contributed by atoms with E-state index in [1.165, 1.54) is 0 Å². The summed E-state index contributed by atoms with van der Waals surface area (Å²) in [5.41, 5.74) is 0.766. The number of β-amino-alcohol motifs (C(OH)–C–C–N with tert-alkyl or cyclic N) is 1. The normalized spacial score (nSPS) is 29.2. The van der Waals surface area contributed by atoms with E-state index in [-0.39, 0.29) is 11.8 Å². The van der Waals surface area contributed by atoms with Crippen LogP contribution in [-0.2, 0) is 0 Å². The van der Waals surface area contributed by atoms with Crippen molar-refractivity contribution in [2.24, 2.45) is 11.8 Å². The molecule has 4 rings (SSSR count). The van der Waals surface area contributed by atoms with Crippen LogP contribution in [0.4, 0.5) is 0 Å². The molecule has 0 bridgehead atoms. The van der Waals surface area contributed by atoms with Crippen LogP contribution in [-0.4, -0.2) is 34.6 Å². The van der Waals surface area contributed by atoms with Crippen molar-refractivity contribution >= 4 is 16.9 Å². The molecule has 1 saturated carbocycles. The van der Waals surface area contributed by atoms with Crippen molar-refractivity contribution in [2.75, 3.05) is 13.1 Å². The quantitative estimate of drug-likeness (QED) is 0.923. The van der Waals surface area contributed by atoms with Crippen LogP contribution in [0.5, 0.6) is 0 Å². The number of fused-ring (bicyclic) bond motifs is 1. The van der Waals surface area contributed by atoms with E-state index in [0.717, 1.165) is 23.8 Å². The van der Waals surface area contributed by atoms with Gasteiger partial charge in [0.05, 0.1) is 18.4 Å². The third-order valence-electron chi connectivity index (χ3n) is 5.06.